The van der Waals surface area contributed by atoms with E-state index in [9.17, 15) is 0 Å². The summed E-state index contributed by atoms with van der Waals surface area (Å²) in [4.78, 5) is 16.0. The monoisotopic (exact) mass is 336 g/mol. The molecule has 130 valence electrons. The molecule has 4 rings (SSSR count). The molecule has 6 nitrogen and oxygen atoms in total. The second kappa shape index (κ2) is 6.80. The molecule has 1 unspecified atom stereocenters. The highest BCUT2D eigenvalue weighted by atomic mass is 15.3. The summed E-state index contributed by atoms with van der Waals surface area (Å²) in [5.74, 6) is 1.65. The largest absolute Gasteiger partial charge is 0.340 e. The summed E-state index contributed by atoms with van der Waals surface area (Å²) in [7, 11) is 0. The minimum absolute atomic E-state index is 0.505. The fourth-order valence-corrected chi connectivity index (χ4v) is 3.37. The van der Waals surface area contributed by atoms with E-state index in [1.165, 1.54) is 11.1 Å². The molecule has 2 aliphatic rings. The van der Waals surface area contributed by atoms with Gasteiger partial charge in [-0.15, -0.1) is 0 Å². The number of aryl methyl sites for hydroxylation is 1. The topological polar surface area (TPSA) is 65.4 Å². The Balaban J connectivity index is 1.56. The van der Waals surface area contributed by atoms with Crippen LogP contribution in [0.2, 0.25) is 0 Å². The van der Waals surface area contributed by atoms with Gasteiger partial charge in [-0.3, -0.25) is 4.99 Å². The first kappa shape index (κ1) is 16.0. The summed E-state index contributed by atoms with van der Waals surface area (Å²) in [5.41, 5.74) is 4.46. The van der Waals surface area contributed by atoms with Crippen molar-refractivity contribution < 1.29 is 0 Å². The van der Waals surface area contributed by atoms with Crippen molar-refractivity contribution >= 4 is 23.7 Å². The Morgan fingerprint density at radius 3 is 3.08 bits per heavy atom. The maximum atomic E-state index is 4.76. The van der Waals surface area contributed by atoms with Crippen molar-refractivity contribution in [3.63, 3.8) is 0 Å². The number of hydrogen-bond acceptors (Lipinski definition) is 6. The molecule has 25 heavy (non-hydrogen) atoms. The van der Waals surface area contributed by atoms with E-state index in [2.05, 4.69) is 50.6 Å². The summed E-state index contributed by atoms with van der Waals surface area (Å²) in [5, 5.41) is 6.96. The Bertz CT molecular complexity index is 800. The quantitative estimate of drug-likeness (QED) is 0.898. The van der Waals surface area contributed by atoms with Gasteiger partial charge in [-0.05, 0) is 36.6 Å². The number of aliphatic imine (C=N–C) groups is 1. The first-order valence-corrected chi connectivity index (χ1v) is 8.95. The molecular formula is C19H24N6. The summed E-state index contributed by atoms with van der Waals surface area (Å²) in [6, 6.07) is 8.83. The first-order chi connectivity index (χ1) is 12.2. The van der Waals surface area contributed by atoms with Crippen LogP contribution in [-0.2, 0) is 6.54 Å². The molecule has 2 N–H and O–H groups in total. The van der Waals surface area contributed by atoms with Crippen LogP contribution in [0.15, 0.2) is 29.3 Å². The zero-order valence-electron chi connectivity index (χ0n) is 14.8. The third kappa shape index (κ3) is 3.49. The van der Waals surface area contributed by atoms with Gasteiger partial charge in [0.1, 0.15) is 5.82 Å². The third-order valence-corrected chi connectivity index (χ3v) is 4.78. The lowest BCUT2D eigenvalue weighted by Crippen LogP contribution is -2.51. The highest BCUT2D eigenvalue weighted by molar-refractivity contribution is 5.86. The lowest BCUT2D eigenvalue weighted by atomic mass is 10.1. The molecule has 3 heterocycles. The second-order valence-corrected chi connectivity index (χ2v) is 6.71. The van der Waals surface area contributed by atoms with E-state index in [0.29, 0.717) is 6.04 Å². The van der Waals surface area contributed by atoms with Gasteiger partial charge < -0.3 is 15.5 Å². The molecule has 0 amide bonds. The Labute approximate surface area is 148 Å². The van der Waals surface area contributed by atoms with Gasteiger partial charge in [-0.1, -0.05) is 13.0 Å². The van der Waals surface area contributed by atoms with Crippen LogP contribution in [0.1, 0.15) is 30.2 Å². The number of fused-ring (bicyclic) bond motifs is 1. The minimum atomic E-state index is 0.505. The number of nitrogens with zero attached hydrogens (tertiary/aromatic N) is 4. The molecule has 2 aromatic rings. The maximum absolute atomic E-state index is 4.76. The fraction of sp³-hybridized carbons (Fsp3) is 0.421. The Morgan fingerprint density at radius 1 is 1.28 bits per heavy atom. The van der Waals surface area contributed by atoms with Crippen molar-refractivity contribution in [2.45, 2.75) is 32.9 Å². The van der Waals surface area contributed by atoms with Gasteiger partial charge in [-0.2, -0.15) is 4.98 Å². The predicted octanol–water partition coefficient (Wildman–Crippen LogP) is 2.65. The molecule has 0 bridgehead atoms. The number of nitrogens with one attached hydrogen (secondary N) is 2. The van der Waals surface area contributed by atoms with Crippen LogP contribution in [0, 0.1) is 6.92 Å². The van der Waals surface area contributed by atoms with E-state index in [0.717, 1.165) is 55.7 Å². The minimum Gasteiger partial charge on any atom is -0.340 e. The van der Waals surface area contributed by atoms with Gasteiger partial charge in [0, 0.05) is 49.3 Å². The molecule has 0 radical (unpaired) electrons. The molecule has 1 fully saturated rings. The van der Waals surface area contributed by atoms with Crippen molar-refractivity contribution in [1.82, 2.24) is 15.3 Å². The number of anilines is 3. The zero-order valence-corrected chi connectivity index (χ0v) is 14.8. The van der Waals surface area contributed by atoms with Crippen LogP contribution in [0.3, 0.4) is 0 Å². The summed E-state index contributed by atoms with van der Waals surface area (Å²) in [6.45, 7) is 7.88. The molecule has 1 aromatic carbocycles. The van der Waals surface area contributed by atoms with Gasteiger partial charge in [0.05, 0.1) is 6.54 Å². The SMILES string of the molecule is CCC1CN(c2nc(C)cc(Nc3ccc4c(c3)C=NC4)n2)CCN1. The average molecular weight is 336 g/mol. The molecule has 1 atom stereocenters. The first-order valence-electron chi connectivity index (χ1n) is 8.95. The van der Waals surface area contributed by atoms with E-state index >= 15 is 0 Å². The van der Waals surface area contributed by atoms with Crippen LogP contribution in [0.25, 0.3) is 0 Å². The smallest absolute Gasteiger partial charge is 0.227 e. The lowest BCUT2D eigenvalue weighted by molar-refractivity contribution is 0.442. The van der Waals surface area contributed by atoms with Crippen molar-refractivity contribution in [3.8, 4) is 0 Å². The van der Waals surface area contributed by atoms with E-state index < -0.39 is 0 Å². The number of benzene rings is 1. The van der Waals surface area contributed by atoms with Crippen LogP contribution in [0.5, 0.6) is 0 Å². The lowest BCUT2D eigenvalue weighted by Gasteiger charge is -2.33. The molecule has 2 aliphatic heterocycles. The molecule has 0 aliphatic carbocycles. The highest BCUT2D eigenvalue weighted by Gasteiger charge is 2.20. The Kier molecular flexibility index (Phi) is 4.36. The highest BCUT2D eigenvalue weighted by Crippen LogP contribution is 2.23. The molecule has 1 aromatic heterocycles. The van der Waals surface area contributed by atoms with Crippen LogP contribution in [0.4, 0.5) is 17.5 Å². The molecule has 1 saturated heterocycles. The van der Waals surface area contributed by atoms with Gasteiger partial charge >= 0.3 is 0 Å². The maximum Gasteiger partial charge on any atom is 0.227 e. The van der Waals surface area contributed by atoms with Gasteiger partial charge in [0.2, 0.25) is 5.95 Å². The average Bonchev–Trinajstić information content (AvgIpc) is 3.09. The summed E-state index contributed by atoms with van der Waals surface area (Å²) < 4.78 is 0. The Morgan fingerprint density at radius 2 is 2.20 bits per heavy atom. The van der Waals surface area contributed by atoms with Gasteiger partial charge in [0.25, 0.3) is 0 Å². The van der Waals surface area contributed by atoms with Crippen LogP contribution < -0.4 is 15.5 Å². The fourth-order valence-electron chi connectivity index (χ4n) is 3.37. The van der Waals surface area contributed by atoms with E-state index in [1.807, 2.05) is 19.2 Å². The summed E-state index contributed by atoms with van der Waals surface area (Å²) >= 11 is 0. The van der Waals surface area contributed by atoms with Crippen LogP contribution in [-0.4, -0.2) is 41.9 Å². The molecule has 6 heteroatoms. The van der Waals surface area contributed by atoms with E-state index in [4.69, 9.17) is 4.98 Å². The zero-order chi connectivity index (χ0) is 17.2. The predicted molar refractivity (Wildman–Crippen MR) is 102 cm³/mol. The van der Waals surface area contributed by atoms with Crippen molar-refractivity contribution in [2.75, 3.05) is 29.9 Å². The number of hydrogen-bond donors (Lipinski definition) is 2. The van der Waals surface area contributed by atoms with Crippen LogP contribution >= 0.6 is 0 Å². The summed E-state index contributed by atoms with van der Waals surface area (Å²) in [6.07, 6.45) is 3.05. The molecule has 0 saturated carbocycles. The number of aromatic nitrogens is 2. The van der Waals surface area contributed by atoms with Crippen molar-refractivity contribution in [3.05, 3.63) is 41.1 Å². The number of piperazine rings is 1. The standard InChI is InChI=1S/C19H24N6/c1-3-16-12-25(7-6-21-16)19-22-13(2)8-18(24-19)23-17-5-4-14-10-20-11-15(14)9-17/h4-5,8-9,11,16,21H,3,6-7,10,12H2,1-2H3,(H,22,23,24). The van der Waals surface area contributed by atoms with Crippen molar-refractivity contribution in [2.24, 2.45) is 4.99 Å². The van der Waals surface area contributed by atoms with Crippen molar-refractivity contribution in [1.29, 1.82) is 0 Å². The van der Waals surface area contributed by atoms with E-state index in [1.54, 1.807) is 0 Å². The number of rotatable bonds is 4. The second-order valence-electron chi connectivity index (χ2n) is 6.71. The third-order valence-electron chi connectivity index (χ3n) is 4.78. The van der Waals surface area contributed by atoms with E-state index in [-0.39, 0.29) is 0 Å². The molecular weight excluding hydrogens is 312 g/mol. The Hall–Kier alpha value is -2.47. The molecule has 0 spiro atoms. The normalized spacial score (nSPS) is 19.1. The van der Waals surface area contributed by atoms with Gasteiger partial charge in [-0.25, -0.2) is 4.98 Å². The van der Waals surface area contributed by atoms with Gasteiger partial charge in [0.15, 0.2) is 0 Å².